The van der Waals surface area contributed by atoms with E-state index in [2.05, 4.69) is 30.9 Å². The molecule has 0 atom stereocenters. The third-order valence-electron chi connectivity index (χ3n) is 5.13. The van der Waals surface area contributed by atoms with Gasteiger partial charge in [0.1, 0.15) is 15.5 Å². The Morgan fingerprint density at radius 1 is 1.29 bits per heavy atom. The summed E-state index contributed by atoms with van der Waals surface area (Å²) < 4.78 is 6.08. The summed E-state index contributed by atoms with van der Waals surface area (Å²) in [5, 5.41) is 0.849. The lowest BCUT2D eigenvalue weighted by molar-refractivity contribution is -0.0395. The van der Waals surface area contributed by atoms with Gasteiger partial charge in [-0.2, -0.15) is 0 Å². The number of benzene rings is 1. The smallest absolute Gasteiger partial charge is 0.260 e. The zero-order valence-corrected chi connectivity index (χ0v) is 17.1. The normalized spacial score (nSPS) is 15.4. The van der Waals surface area contributed by atoms with Crippen LogP contribution >= 0.6 is 11.3 Å². The topological polar surface area (TPSA) is 94.5 Å². The van der Waals surface area contributed by atoms with Crippen molar-refractivity contribution in [2.24, 2.45) is 5.73 Å². The van der Waals surface area contributed by atoms with E-state index in [0.717, 1.165) is 33.7 Å². The fourth-order valence-electron chi connectivity index (χ4n) is 3.77. The Bertz CT molecular complexity index is 1060. The number of pyridine rings is 1. The molecule has 1 aromatic carbocycles. The maximum Gasteiger partial charge on any atom is 0.260 e. The van der Waals surface area contributed by atoms with Crippen molar-refractivity contribution in [2.45, 2.75) is 39.0 Å². The average molecular weight is 397 g/mol. The number of hydrogen-bond acceptors (Lipinski definition) is 6. The van der Waals surface area contributed by atoms with Crippen molar-refractivity contribution in [3.8, 4) is 0 Å². The molecule has 0 saturated carbocycles. The molecule has 4 rings (SSSR count). The van der Waals surface area contributed by atoms with Crippen molar-refractivity contribution in [3.63, 3.8) is 0 Å². The number of ether oxygens (including phenoxy) is 1. The van der Waals surface area contributed by atoms with Gasteiger partial charge in [0.05, 0.1) is 17.9 Å². The molecule has 0 spiro atoms. The summed E-state index contributed by atoms with van der Waals surface area (Å²) in [5.74, 6) is 0.346. The predicted molar refractivity (Wildman–Crippen MR) is 114 cm³/mol. The van der Waals surface area contributed by atoms with E-state index in [1.165, 1.54) is 16.9 Å². The second-order valence-corrected chi connectivity index (χ2v) is 8.85. The third kappa shape index (κ3) is 3.21. The molecule has 0 aliphatic carbocycles. The molecule has 0 radical (unpaired) electrons. The zero-order valence-electron chi connectivity index (χ0n) is 16.3. The van der Waals surface area contributed by atoms with Crippen LogP contribution in [0, 0.1) is 0 Å². The molecule has 3 aromatic rings. The molecule has 6 nitrogen and oxygen atoms in total. The van der Waals surface area contributed by atoms with Gasteiger partial charge in [-0.1, -0.05) is 30.3 Å². The number of nitrogen functional groups attached to an aromatic ring is 1. The Kier molecular flexibility index (Phi) is 4.51. The van der Waals surface area contributed by atoms with Gasteiger partial charge in [-0.25, -0.2) is 4.98 Å². The van der Waals surface area contributed by atoms with Crippen LogP contribution in [0.25, 0.3) is 10.2 Å². The Balaban J connectivity index is 1.89. The second kappa shape index (κ2) is 6.76. The molecule has 0 bridgehead atoms. The van der Waals surface area contributed by atoms with E-state index in [1.807, 2.05) is 25.2 Å². The van der Waals surface area contributed by atoms with Crippen LogP contribution in [-0.4, -0.2) is 23.5 Å². The van der Waals surface area contributed by atoms with E-state index in [0.29, 0.717) is 23.6 Å². The van der Waals surface area contributed by atoms with Gasteiger partial charge < -0.3 is 21.1 Å². The fourth-order valence-corrected chi connectivity index (χ4v) is 4.75. The number of aromatic nitrogens is 1. The number of thiophene rings is 1. The second-order valence-electron chi connectivity index (χ2n) is 7.85. The Hall–Kier alpha value is -2.64. The SMILES string of the molecule is CN(Cc1ccccc1)c1nc2sc(C(N)=O)c(N)c2c2c1COC(C)(C)C2. The number of carbonyl (C=O) groups excluding carboxylic acids is 1. The number of amides is 1. The number of anilines is 2. The first-order chi connectivity index (χ1) is 13.3. The molecule has 146 valence electrons. The lowest BCUT2D eigenvalue weighted by atomic mass is 9.89. The van der Waals surface area contributed by atoms with Crippen LogP contribution in [0.4, 0.5) is 11.5 Å². The molecule has 1 amide bonds. The summed E-state index contributed by atoms with van der Waals surface area (Å²) in [6, 6.07) is 10.2. The highest BCUT2D eigenvalue weighted by molar-refractivity contribution is 7.21. The molecular weight excluding hydrogens is 372 g/mol. The molecule has 1 aliphatic rings. The highest BCUT2D eigenvalue weighted by atomic mass is 32.1. The molecule has 0 fully saturated rings. The summed E-state index contributed by atoms with van der Waals surface area (Å²) in [6.45, 7) is 5.31. The molecule has 3 heterocycles. The average Bonchev–Trinajstić information content (AvgIpc) is 2.98. The van der Waals surface area contributed by atoms with E-state index in [4.69, 9.17) is 21.2 Å². The first kappa shape index (κ1) is 18.7. The van der Waals surface area contributed by atoms with E-state index in [1.54, 1.807) is 0 Å². The standard InChI is InChI=1S/C21H24N4O2S/c1-21(2)9-13-14(11-27-21)19(25(3)10-12-7-5-4-6-8-12)24-20-15(13)16(22)17(28-20)18(23)26/h4-8H,9-11,22H2,1-3H3,(H2,23,26). The summed E-state index contributed by atoms with van der Waals surface area (Å²) in [6.07, 6.45) is 0.701. The maximum atomic E-state index is 11.8. The number of carbonyl (C=O) groups is 1. The van der Waals surface area contributed by atoms with Gasteiger partial charge >= 0.3 is 0 Å². The fraction of sp³-hybridized carbons (Fsp3) is 0.333. The molecular formula is C21H24N4O2S. The van der Waals surface area contributed by atoms with E-state index in [-0.39, 0.29) is 5.60 Å². The Morgan fingerprint density at radius 2 is 2.00 bits per heavy atom. The minimum Gasteiger partial charge on any atom is -0.397 e. The van der Waals surface area contributed by atoms with Gasteiger partial charge in [-0.05, 0) is 25.0 Å². The first-order valence-electron chi connectivity index (χ1n) is 9.19. The van der Waals surface area contributed by atoms with Gasteiger partial charge in [0.15, 0.2) is 0 Å². The lowest BCUT2D eigenvalue weighted by Gasteiger charge is -2.34. The number of nitrogens with zero attached hydrogens (tertiary/aromatic N) is 2. The van der Waals surface area contributed by atoms with Crippen LogP contribution in [0.3, 0.4) is 0 Å². The minimum absolute atomic E-state index is 0.308. The monoisotopic (exact) mass is 396 g/mol. The molecule has 2 aromatic heterocycles. The van der Waals surface area contributed by atoms with E-state index < -0.39 is 5.91 Å². The molecule has 0 unspecified atom stereocenters. The molecule has 0 saturated heterocycles. The quantitative estimate of drug-likeness (QED) is 0.704. The number of rotatable bonds is 4. The van der Waals surface area contributed by atoms with Crippen LogP contribution < -0.4 is 16.4 Å². The van der Waals surface area contributed by atoms with Crippen molar-refractivity contribution in [3.05, 3.63) is 51.9 Å². The van der Waals surface area contributed by atoms with Crippen molar-refractivity contribution >= 4 is 39.0 Å². The van der Waals surface area contributed by atoms with E-state index in [9.17, 15) is 4.79 Å². The van der Waals surface area contributed by atoms with Gasteiger partial charge in [0.2, 0.25) is 0 Å². The number of fused-ring (bicyclic) bond motifs is 3. The number of hydrogen-bond donors (Lipinski definition) is 2. The number of primary amides is 1. The first-order valence-corrected chi connectivity index (χ1v) is 10.0. The van der Waals surface area contributed by atoms with Crippen molar-refractivity contribution in [1.82, 2.24) is 4.98 Å². The van der Waals surface area contributed by atoms with Crippen LogP contribution in [0.5, 0.6) is 0 Å². The summed E-state index contributed by atoms with van der Waals surface area (Å²) in [5.41, 5.74) is 15.3. The molecule has 28 heavy (non-hydrogen) atoms. The Labute approximate surface area is 168 Å². The highest BCUT2D eigenvalue weighted by Crippen LogP contribution is 2.43. The van der Waals surface area contributed by atoms with Crippen LogP contribution in [-0.2, 0) is 24.3 Å². The van der Waals surface area contributed by atoms with Gasteiger partial charge in [0.25, 0.3) is 5.91 Å². The van der Waals surface area contributed by atoms with Crippen molar-refractivity contribution in [2.75, 3.05) is 17.7 Å². The van der Waals surface area contributed by atoms with Gasteiger partial charge in [-0.3, -0.25) is 4.79 Å². The van der Waals surface area contributed by atoms with E-state index >= 15 is 0 Å². The maximum absolute atomic E-state index is 11.8. The summed E-state index contributed by atoms with van der Waals surface area (Å²) in [4.78, 5) is 19.9. The Morgan fingerprint density at radius 3 is 2.68 bits per heavy atom. The predicted octanol–water partition coefficient (Wildman–Crippen LogP) is 3.47. The summed E-state index contributed by atoms with van der Waals surface area (Å²) in [7, 11) is 2.02. The molecule has 4 N–H and O–H groups in total. The van der Waals surface area contributed by atoms with Crippen LogP contribution in [0.2, 0.25) is 0 Å². The van der Waals surface area contributed by atoms with Crippen molar-refractivity contribution in [1.29, 1.82) is 0 Å². The minimum atomic E-state index is -0.514. The van der Waals surface area contributed by atoms with Crippen molar-refractivity contribution < 1.29 is 9.53 Å². The zero-order chi connectivity index (χ0) is 20.1. The van der Waals surface area contributed by atoms with Gasteiger partial charge in [0, 0.05) is 31.0 Å². The lowest BCUT2D eigenvalue weighted by Crippen LogP contribution is -2.33. The van der Waals surface area contributed by atoms with Gasteiger partial charge in [-0.15, -0.1) is 11.3 Å². The highest BCUT2D eigenvalue weighted by Gasteiger charge is 2.33. The largest absolute Gasteiger partial charge is 0.397 e. The molecule has 1 aliphatic heterocycles. The van der Waals surface area contributed by atoms with Crippen LogP contribution in [0.15, 0.2) is 30.3 Å². The van der Waals surface area contributed by atoms with Crippen LogP contribution in [0.1, 0.15) is 40.2 Å². The molecule has 7 heteroatoms. The third-order valence-corrected chi connectivity index (χ3v) is 6.24. The number of nitrogens with two attached hydrogens (primary N) is 2. The summed E-state index contributed by atoms with van der Waals surface area (Å²) >= 11 is 1.26.